The number of carbonyl (C=O) groups is 1. The molecule has 4 saturated carbocycles. The lowest BCUT2D eigenvalue weighted by molar-refractivity contribution is -0.259. The standard InChI is InChI=1S/C39H59NO2/c1-33(2,3)42-32(41)27-14-12-26(13-15-27)28-16-20-35(6)29(34(28,4)5)17-21-36(7)30(35)18-22-37(8)31-11-10-19-39(31,25-40)24-23-38(36,37)9/h12-16,29-31H,10-11,17-25,40H2,1-9H3. The molecule has 8 unspecified atom stereocenters. The van der Waals surface area contributed by atoms with Gasteiger partial charge in [0.25, 0.3) is 0 Å². The van der Waals surface area contributed by atoms with E-state index in [-0.39, 0.29) is 11.4 Å². The number of allylic oxidation sites excluding steroid dienone is 2. The SMILES string of the molecule is CC(C)(C)OC(=O)c1ccc(C2=CCC3(C)C(CCC4(C)C3CCC3(C)C5CCCC5(CN)CCC34C)C2(C)C)cc1. The zero-order chi connectivity index (χ0) is 30.6. The maximum Gasteiger partial charge on any atom is 0.338 e. The van der Waals surface area contributed by atoms with E-state index in [4.69, 9.17) is 10.5 Å². The van der Waals surface area contributed by atoms with Gasteiger partial charge in [0.1, 0.15) is 5.60 Å². The zero-order valence-electron chi connectivity index (χ0n) is 28.3. The number of rotatable bonds is 3. The highest BCUT2D eigenvalue weighted by Crippen LogP contribution is 2.80. The summed E-state index contributed by atoms with van der Waals surface area (Å²) in [6, 6.07) is 8.23. The summed E-state index contributed by atoms with van der Waals surface area (Å²) in [6.07, 6.45) is 16.0. The van der Waals surface area contributed by atoms with Gasteiger partial charge in [-0.25, -0.2) is 4.79 Å². The molecule has 0 heterocycles. The lowest BCUT2D eigenvalue weighted by Gasteiger charge is -2.75. The van der Waals surface area contributed by atoms with Crippen molar-refractivity contribution in [2.45, 2.75) is 132 Å². The number of hydrogen-bond donors (Lipinski definition) is 1. The molecule has 0 radical (unpaired) electrons. The normalized spacial score (nSPS) is 44.2. The fourth-order valence-electron chi connectivity index (χ4n) is 12.9. The van der Waals surface area contributed by atoms with Crippen molar-refractivity contribution < 1.29 is 9.53 Å². The first kappa shape index (κ1) is 30.4. The van der Waals surface area contributed by atoms with Crippen molar-refractivity contribution in [3.8, 4) is 0 Å². The lowest BCUT2D eigenvalue weighted by atomic mass is 9.29. The molecule has 42 heavy (non-hydrogen) atoms. The smallest absolute Gasteiger partial charge is 0.338 e. The minimum absolute atomic E-state index is 0.0795. The molecule has 3 heteroatoms. The van der Waals surface area contributed by atoms with Crippen LogP contribution in [0.5, 0.6) is 0 Å². The quantitative estimate of drug-likeness (QED) is 0.366. The summed E-state index contributed by atoms with van der Waals surface area (Å²) in [7, 11) is 0. The Hall–Kier alpha value is -1.61. The van der Waals surface area contributed by atoms with E-state index in [0.717, 1.165) is 24.8 Å². The van der Waals surface area contributed by atoms with Crippen LogP contribution >= 0.6 is 0 Å². The first-order chi connectivity index (χ1) is 19.5. The van der Waals surface area contributed by atoms with E-state index >= 15 is 0 Å². The maximum atomic E-state index is 12.7. The van der Waals surface area contributed by atoms with Crippen molar-refractivity contribution in [3.05, 3.63) is 41.5 Å². The van der Waals surface area contributed by atoms with Crippen LogP contribution in [-0.4, -0.2) is 18.1 Å². The molecule has 0 bridgehead atoms. The molecule has 1 aromatic carbocycles. The van der Waals surface area contributed by atoms with Crippen LogP contribution in [0.15, 0.2) is 30.3 Å². The predicted molar refractivity (Wildman–Crippen MR) is 174 cm³/mol. The Balaban J connectivity index is 1.31. The third kappa shape index (κ3) is 3.96. The number of fused-ring (bicyclic) bond motifs is 7. The largest absolute Gasteiger partial charge is 0.456 e. The second kappa shape index (κ2) is 9.45. The molecule has 0 aliphatic heterocycles. The molecule has 8 atom stereocenters. The summed E-state index contributed by atoms with van der Waals surface area (Å²) in [5, 5.41) is 0. The molecular weight excluding hydrogens is 514 g/mol. The minimum Gasteiger partial charge on any atom is -0.456 e. The van der Waals surface area contributed by atoms with Gasteiger partial charge in [0.2, 0.25) is 0 Å². The average Bonchev–Trinajstić information content (AvgIpc) is 3.35. The molecule has 0 amide bonds. The molecule has 5 aliphatic rings. The van der Waals surface area contributed by atoms with Gasteiger partial charge >= 0.3 is 5.97 Å². The van der Waals surface area contributed by atoms with Gasteiger partial charge in [-0.1, -0.05) is 66.2 Å². The molecule has 1 aromatic rings. The second-order valence-corrected chi connectivity index (χ2v) is 18.0. The van der Waals surface area contributed by atoms with E-state index in [9.17, 15) is 4.79 Å². The van der Waals surface area contributed by atoms with Crippen LogP contribution < -0.4 is 5.73 Å². The van der Waals surface area contributed by atoms with Gasteiger partial charge < -0.3 is 10.5 Å². The number of hydrogen-bond acceptors (Lipinski definition) is 3. The Morgan fingerprint density at radius 1 is 0.833 bits per heavy atom. The van der Waals surface area contributed by atoms with Crippen LogP contribution in [0, 0.1) is 50.2 Å². The van der Waals surface area contributed by atoms with Crippen molar-refractivity contribution in [2.75, 3.05) is 6.54 Å². The Kier molecular flexibility index (Phi) is 6.84. The number of esters is 1. The van der Waals surface area contributed by atoms with Gasteiger partial charge in [0, 0.05) is 0 Å². The number of nitrogens with two attached hydrogens (primary N) is 1. The Morgan fingerprint density at radius 3 is 2.07 bits per heavy atom. The van der Waals surface area contributed by atoms with Gasteiger partial charge in [0.15, 0.2) is 0 Å². The average molecular weight is 574 g/mol. The second-order valence-electron chi connectivity index (χ2n) is 18.0. The third-order valence-electron chi connectivity index (χ3n) is 15.1. The molecule has 0 saturated heterocycles. The summed E-state index contributed by atoms with van der Waals surface area (Å²) in [6.45, 7) is 22.5. The molecule has 0 spiro atoms. The van der Waals surface area contributed by atoms with Gasteiger partial charge in [-0.15, -0.1) is 0 Å². The number of ether oxygens (including phenoxy) is 1. The van der Waals surface area contributed by atoms with Crippen molar-refractivity contribution in [1.82, 2.24) is 0 Å². The highest BCUT2D eigenvalue weighted by atomic mass is 16.6. The summed E-state index contributed by atoms with van der Waals surface area (Å²) in [5.74, 6) is 1.96. The van der Waals surface area contributed by atoms with Crippen LogP contribution in [0.1, 0.15) is 142 Å². The zero-order valence-corrected chi connectivity index (χ0v) is 28.3. The molecule has 0 aromatic heterocycles. The van der Waals surface area contributed by atoms with E-state index in [1.54, 1.807) is 0 Å². The van der Waals surface area contributed by atoms with Crippen molar-refractivity contribution >= 4 is 11.5 Å². The van der Waals surface area contributed by atoms with E-state index in [1.165, 1.54) is 68.9 Å². The lowest BCUT2D eigenvalue weighted by Crippen LogP contribution is -2.68. The van der Waals surface area contributed by atoms with E-state index < -0.39 is 5.60 Å². The summed E-state index contributed by atoms with van der Waals surface area (Å²) < 4.78 is 5.62. The van der Waals surface area contributed by atoms with Gasteiger partial charge in [-0.2, -0.15) is 0 Å². The van der Waals surface area contributed by atoms with Crippen LogP contribution in [0.3, 0.4) is 0 Å². The molecule has 5 aliphatic carbocycles. The van der Waals surface area contributed by atoms with Gasteiger partial charge in [-0.05, 0) is 159 Å². The van der Waals surface area contributed by atoms with E-state index in [2.05, 4.69) is 59.8 Å². The fraction of sp³-hybridized carbons (Fsp3) is 0.769. The highest BCUT2D eigenvalue weighted by Gasteiger charge is 2.72. The Morgan fingerprint density at radius 2 is 1.45 bits per heavy atom. The summed E-state index contributed by atoms with van der Waals surface area (Å²) in [4.78, 5) is 12.7. The van der Waals surface area contributed by atoms with Crippen molar-refractivity contribution in [2.24, 2.45) is 56.0 Å². The van der Waals surface area contributed by atoms with Crippen LogP contribution in [0.2, 0.25) is 0 Å². The van der Waals surface area contributed by atoms with Gasteiger partial charge in [-0.3, -0.25) is 0 Å². The minimum atomic E-state index is -0.487. The first-order valence-electron chi connectivity index (χ1n) is 17.2. The van der Waals surface area contributed by atoms with E-state index in [0.29, 0.717) is 38.6 Å². The fourth-order valence-corrected chi connectivity index (χ4v) is 12.9. The van der Waals surface area contributed by atoms with Crippen molar-refractivity contribution in [1.29, 1.82) is 0 Å². The molecule has 6 rings (SSSR count). The van der Waals surface area contributed by atoms with Crippen LogP contribution in [0.4, 0.5) is 0 Å². The number of benzene rings is 1. The van der Waals surface area contributed by atoms with E-state index in [1.807, 2.05) is 32.9 Å². The molecule has 4 fully saturated rings. The Labute approximate surface area is 256 Å². The van der Waals surface area contributed by atoms with Crippen molar-refractivity contribution in [3.63, 3.8) is 0 Å². The first-order valence-corrected chi connectivity index (χ1v) is 17.2. The molecule has 3 nitrogen and oxygen atoms in total. The molecular formula is C39H59NO2. The molecule has 2 N–H and O–H groups in total. The van der Waals surface area contributed by atoms with Crippen LogP contribution in [-0.2, 0) is 4.74 Å². The number of carbonyl (C=O) groups excluding carboxylic acids is 1. The summed E-state index contributed by atoms with van der Waals surface area (Å²) >= 11 is 0. The third-order valence-corrected chi connectivity index (χ3v) is 15.1. The van der Waals surface area contributed by atoms with Gasteiger partial charge in [0.05, 0.1) is 5.56 Å². The van der Waals surface area contributed by atoms with Crippen LogP contribution in [0.25, 0.3) is 5.57 Å². The predicted octanol–water partition coefficient (Wildman–Crippen LogP) is 9.84. The Bertz CT molecular complexity index is 1270. The topological polar surface area (TPSA) is 52.3 Å². The monoisotopic (exact) mass is 573 g/mol. The highest BCUT2D eigenvalue weighted by molar-refractivity contribution is 5.90. The summed E-state index contributed by atoms with van der Waals surface area (Å²) in [5.41, 5.74) is 11.4. The molecule has 232 valence electrons. The maximum absolute atomic E-state index is 12.7.